The third-order valence-electron chi connectivity index (χ3n) is 4.41. The van der Waals surface area contributed by atoms with Crippen molar-refractivity contribution in [2.24, 2.45) is 0 Å². The van der Waals surface area contributed by atoms with E-state index < -0.39 is 5.41 Å². The fourth-order valence-electron chi connectivity index (χ4n) is 3.08. The molecule has 0 spiro atoms. The highest BCUT2D eigenvalue weighted by Gasteiger charge is 2.42. The van der Waals surface area contributed by atoms with Crippen LogP contribution in [0.2, 0.25) is 10.0 Å². The number of benzene rings is 1. The molecule has 1 aromatic carbocycles. The molecule has 1 amide bonds. The van der Waals surface area contributed by atoms with Gasteiger partial charge >= 0.3 is 0 Å². The Morgan fingerprint density at radius 3 is 2.40 bits per heavy atom. The Kier molecular flexibility index (Phi) is 4.98. The van der Waals surface area contributed by atoms with Crippen molar-refractivity contribution in [2.45, 2.75) is 44.4 Å². The minimum atomic E-state index is -0.419. The number of hydrogen-bond donors (Lipinski definition) is 0. The summed E-state index contributed by atoms with van der Waals surface area (Å²) in [6.07, 6.45) is 5.17. The first-order valence-electron chi connectivity index (χ1n) is 7.22. The maximum absolute atomic E-state index is 12.9. The molecule has 0 aliphatic heterocycles. The summed E-state index contributed by atoms with van der Waals surface area (Å²) in [5.41, 5.74) is 0.592. The van der Waals surface area contributed by atoms with Gasteiger partial charge in [0.2, 0.25) is 5.91 Å². The molecule has 0 bridgehead atoms. The van der Waals surface area contributed by atoms with Gasteiger partial charge in [-0.2, -0.15) is 0 Å². The highest BCUT2D eigenvalue weighted by Crippen LogP contribution is 2.42. The molecule has 0 aromatic heterocycles. The lowest BCUT2D eigenvalue weighted by molar-refractivity contribution is -0.137. The van der Waals surface area contributed by atoms with Crippen molar-refractivity contribution >= 4 is 29.1 Å². The molecule has 20 heavy (non-hydrogen) atoms. The Morgan fingerprint density at radius 2 is 1.85 bits per heavy atom. The average molecular weight is 314 g/mol. The van der Waals surface area contributed by atoms with Crippen LogP contribution in [-0.4, -0.2) is 24.4 Å². The normalized spacial score (nSPS) is 17.8. The molecule has 1 fully saturated rings. The first-order valence-corrected chi connectivity index (χ1v) is 7.98. The summed E-state index contributed by atoms with van der Waals surface area (Å²) >= 11 is 12.2. The summed E-state index contributed by atoms with van der Waals surface area (Å²) < 4.78 is 0. The molecule has 0 radical (unpaired) electrons. The van der Waals surface area contributed by atoms with Crippen molar-refractivity contribution in [3.05, 3.63) is 33.8 Å². The van der Waals surface area contributed by atoms with Gasteiger partial charge < -0.3 is 4.90 Å². The van der Waals surface area contributed by atoms with Crippen LogP contribution in [0.25, 0.3) is 0 Å². The Labute approximate surface area is 131 Å². The molecular weight excluding hydrogens is 293 g/mol. The number of rotatable bonds is 3. The maximum atomic E-state index is 12.9. The van der Waals surface area contributed by atoms with Crippen molar-refractivity contribution in [1.82, 2.24) is 4.90 Å². The van der Waals surface area contributed by atoms with Crippen LogP contribution >= 0.6 is 23.2 Å². The largest absolute Gasteiger partial charge is 0.345 e. The first kappa shape index (κ1) is 15.7. The second-order valence-electron chi connectivity index (χ2n) is 5.59. The predicted molar refractivity (Wildman–Crippen MR) is 84.5 cm³/mol. The van der Waals surface area contributed by atoms with E-state index in [9.17, 15) is 4.79 Å². The summed E-state index contributed by atoms with van der Waals surface area (Å²) in [6.45, 7) is 2.73. The summed E-state index contributed by atoms with van der Waals surface area (Å²) in [5.74, 6) is 0.207. The summed E-state index contributed by atoms with van der Waals surface area (Å²) in [4.78, 5) is 14.7. The predicted octanol–water partition coefficient (Wildman–Crippen LogP) is 4.67. The Bertz CT molecular complexity index is 495. The second-order valence-corrected chi connectivity index (χ2v) is 6.41. The highest BCUT2D eigenvalue weighted by molar-refractivity contribution is 6.42. The molecule has 2 nitrogen and oxygen atoms in total. The third kappa shape index (κ3) is 2.82. The van der Waals surface area contributed by atoms with Crippen LogP contribution in [0.3, 0.4) is 0 Å². The van der Waals surface area contributed by atoms with E-state index in [1.54, 1.807) is 6.07 Å². The minimum Gasteiger partial charge on any atom is -0.345 e. The Hall–Kier alpha value is -0.730. The monoisotopic (exact) mass is 313 g/mol. The second kappa shape index (κ2) is 6.36. The lowest BCUT2D eigenvalue weighted by Gasteiger charge is -2.39. The fourth-order valence-corrected chi connectivity index (χ4v) is 3.38. The van der Waals surface area contributed by atoms with E-state index in [1.807, 2.05) is 31.0 Å². The highest BCUT2D eigenvalue weighted by atomic mass is 35.5. The van der Waals surface area contributed by atoms with E-state index in [4.69, 9.17) is 23.2 Å². The smallest absolute Gasteiger partial charge is 0.232 e. The molecule has 4 heteroatoms. The van der Waals surface area contributed by atoms with Crippen molar-refractivity contribution in [3.63, 3.8) is 0 Å². The van der Waals surface area contributed by atoms with Gasteiger partial charge in [0, 0.05) is 13.6 Å². The number of likely N-dealkylation sites (N-methyl/N-ethyl adjacent to an activating group) is 1. The number of nitrogens with zero attached hydrogens (tertiary/aromatic N) is 1. The van der Waals surface area contributed by atoms with Crippen molar-refractivity contribution < 1.29 is 4.79 Å². The lowest BCUT2D eigenvalue weighted by Crippen LogP contribution is -2.46. The van der Waals surface area contributed by atoms with Crippen LogP contribution in [0, 0.1) is 0 Å². The third-order valence-corrected chi connectivity index (χ3v) is 5.15. The number of amides is 1. The average Bonchev–Trinajstić information content (AvgIpc) is 2.49. The van der Waals surface area contributed by atoms with Crippen LogP contribution in [-0.2, 0) is 10.2 Å². The molecule has 1 aliphatic carbocycles. The van der Waals surface area contributed by atoms with Crippen molar-refractivity contribution in [3.8, 4) is 0 Å². The fraction of sp³-hybridized carbons (Fsp3) is 0.562. The molecule has 1 aromatic rings. The van der Waals surface area contributed by atoms with Crippen LogP contribution in [0.15, 0.2) is 18.2 Å². The zero-order valence-corrected chi connectivity index (χ0v) is 13.6. The van der Waals surface area contributed by atoms with E-state index in [2.05, 4.69) is 0 Å². The summed E-state index contributed by atoms with van der Waals surface area (Å²) in [5, 5.41) is 1.07. The molecule has 1 aliphatic rings. The molecule has 0 saturated heterocycles. The SMILES string of the molecule is CCN(C)C(=O)C1(c2ccc(Cl)c(Cl)c2)CCCCC1. The van der Waals surface area contributed by atoms with Crippen LogP contribution in [0.4, 0.5) is 0 Å². The van der Waals surface area contributed by atoms with Gasteiger partial charge in [0.15, 0.2) is 0 Å². The molecule has 0 atom stereocenters. The molecule has 0 heterocycles. The molecule has 110 valence electrons. The van der Waals surface area contributed by atoms with Gasteiger partial charge in [0.1, 0.15) is 0 Å². The molecule has 2 rings (SSSR count). The number of halogens is 2. The Morgan fingerprint density at radius 1 is 1.20 bits per heavy atom. The van der Waals surface area contributed by atoms with Gasteiger partial charge in [-0.3, -0.25) is 4.79 Å². The van der Waals surface area contributed by atoms with E-state index in [-0.39, 0.29) is 5.91 Å². The number of hydrogen-bond acceptors (Lipinski definition) is 1. The van der Waals surface area contributed by atoms with Gasteiger partial charge in [0.05, 0.1) is 15.5 Å². The topological polar surface area (TPSA) is 20.3 Å². The van der Waals surface area contributed by atoms with E-state index >= 15 is 0 Å². The van der Waals surface area contributed by atoms with Crippen LogP contribution in [0.5, 0.6) is 0 Å². The van der Waals surface area contributed by atoms with Crippen LogP contribution in [0.1, 0.15) is 44.6 Å². The summed E-state index contributed by atoms with van der Waals surface area (Å²) in [7, 11) is 1.87. The zero-order chi connectivity index (χ0) is 14.8. The molecule has 0 unspecified atom stereocenters. The minimum absolute atomic E-state index is 0.207. The van der Waals surface area contributed by atoms with Gasteiger partial charge in [-0.05, 0) is 37.5 Å². The lowest BCUT2D eigenvalue weighted by atomic mass is 9.68. The van der Waals surface area contributed by atoms with Gasteiger partial charge in [-0.1, -0.05) is 48.5 Å². The maximum Gasteiger partial charge on any atom is 0.232 e. The van der Waals surface area contributed by atoms with E-state index in [0.29, 0.717) is 10.0 Å². The molecule has 0 N–H and O–H groups in total. The van der Waals surface area contributed by atoms with Crippen molar-refractivity contribution in [1.29, 1.82) is 0 Å². The Balaban J connectivity index is 2.45. The molecule has 1 saturated carbocycles. The van der Waals surface area contributed by atoms with Crippen LogP contribution < -0.4 is 0 Å². The molecular formula is C16H21Cl2NO. The first-order chi connectivity index (χ1) is 9.51. The van der Waals surface area contributed by atoms with E-state index in [0.717, 1.165) is 37.8 Å². The van der Waals surface area contributed by atoms with Gasteiger partial charge in [-0.25, -0.2) is 0 Å². The van der Waals surface area contributed by atoms with Gasteiger partial charge in [-0.15, -0.1) is 0 Å². The van der Waals surface area contributed by atoms with Crippen molar-refractivity contribution in [2.75, 3.05) is 13.6 Å². The van der Waals surface area contributed by atoms with Gasteiger partial charge in [0.25, 0.3) is 0 Å². The number of carbonyl (C=O) groups is 1. The standard InChI is InChI=1S/C16H21Cl2NO/c1-3-19(2)15(20)16(9-5-4-6-10-16)12-7-8-13(17)14(18)11-12/h7-8,11H,3-6,9-10H2,1-2H3. The zero-order valence-electron chi connectivity index (χ0n) is 12.1. The summed E-state index contributed by atoms with van der Waals surface area (Å²) in [6, 6.07) is 5.63. The quantitative estimate of drug-likeness (QED) is 0.793. The van der Waals surface area contributed by atoms with E-state index in [1.165, 1.54) is 6.42 Å². The number of carbonyl (C=O) groups excluding carboxylic acids is 1.